The number of benzene rings is 2. The van der Waals surface area contributed by atoms with Crippen LogP contribution in [0.2, 0.25) is 5.02 Å². The molecule has 128 valence electrons. The van der Waals surface area contributed by atoms with Crippen LogP contribution >= 0.6 is 23.4 Å². The second-order valence-electron chi connectivity index (χ2n) is 6.12. The molecule has 4 rings (SSSR count). The number of halogens is 1. The number of hydrogen-bond donors (Lipinski definition) is 1. The Balaban J connectivity index is 1.96. The zero-order valence-electron chi connectivity index (χ0n) is 14.1. The maximum Gasteiger partial charge on any atom is 0.133 e. The van der Waals surface area contributed by atoms with Gasteiger partial charge in [-0.2, -0.15) is 5.10 Å². The van der Waals surface area contributed by atoms with Crippen LogP contribution in [0.25, 0.3) is 16.9 Å². The van der Waals surface area contributed by atoms with E-state index in [1.54, 1.807) is 11.8 Å². The molecule has 1 aliphatic rings. The molecule has 0 unspecified atom stereocenters. The van der Waals surface area contributed by atoms with E-state index in [9.17, 15) is 0 Å². The molecular formula is C20H20ClN3S. The fraction of sp³-hybridized carbons (Fsp3) is 0.250. The van der Waals surface area contributed by atoms with Gasteiger partial charge >= 0.3 is 0 Å². The van der Waals surface area contributed by atoms with Gasteiger partial charge < -0.3 is 5.32 Å². The second kappa shape index (κ2) is 7.14. The fourth-order valence-corrected chi connectivity index (χ4v) is 4.17. The summed E-state index contributed by atoms with van der Waals surface area (Å²) in [6.07, 6.45) is 5.48. The Hall–Kier alpha value is -1.91. The molecule has 25 heavy (non-hydrogen) atoms. The number of nitrogens with one attached hydrogen (secondary N) is 1. The van der Waals surface area contributed by atoms with Crippen LogP contribution in [0.1, 0.15) is 18.4 Å². The van der Waals surface area contributed by atoms with Gasteiger partial charge in [-0.1, -0.05) is 41.9 Å². The van der Waals surface area contributed by atoms with Gasteiger partial charge in [0.15, 0.2) is 0 Å². The summed E-state index contributed by atoms with van der Waals surface area (Å²) in [5.41, 5.74) is 4.47. The Kier molecular flexibility index (Phi) is 4.73. The third-order valence-corrected chi connectivity index (χ3v) is 5.69. The minimum absolute atomic E-state index is 0.712. The standard InChI is InChI=1S/C20H20ClN3S/c1-25-18-12-5-2-8-14(18)19-15-9-6-7-13-22-20(15)24(23-19)17-11-4-3-10-16(17)21/h2-5,8,10-12,22H,6-7,9,13H2,1H3. The highest BCUT2D eigenvalue weighted by Gasteiger charge is 2.23. The zero-order chi connectivity index (χ0) is 17.2. The maximum atomic E-state index is 6.46. The number of thioether (sulfide) groups is 1. The summed E-state index contributed by atoms with van der Waals surface area (Å²) in [7, 11) is 0. The van der Waals surface area contributed by atoms with Crippen LogP contribution in [0.15, 0.2) is 53.4 Å². The smallest absolute Gasteiger partial charge is 0.133 e. The summed E-state index contributed by atoms with van der Waals surface area (Å²) < 4.78 is 1.98. The predicted octanol–water partition coefficient (Wildman–Crippen LogP) is 5.66. The molecule has 1 aromatic heterocycles. The van der Waals surface area contributed by atoms with Crippen LogP contribution in [0.4, 0.5) is 5.82 Å². The quantitative estimate of drug-likeness (QED) is 0.604. The summed E-state index contributed by atoms with van der Waals surface area (Å²) in [6, 6.07) is 16.4. The van der Waals surface area contributed by atoms with Gasteiger partial charge in [0.25, 0.3) is 0 Å². The Bertz CT molecular complexity index is 904. The lowest BCUT2D eigenvalue weighted by molar-refractivity contribution is 0.779. The molecule has 1 aliphatic heterocycles. The van der Waals surface area contributed by atoms with Crippen LogP contribution in [0.5, 0.6) is 0 Å². The van der Waals surface area contributed by atoms with Crippen molar-refractivity contribution in [2.24, 2.45) is 0 Å². The first kappa shape index (κ1) is 16.6. The molecule has 0 spiro atoms. The van der Waals surface area contributed by atoms with Crippen LogP contribution in [0, 0.1) is 0 Å². The van der Waals surface area contributed by atoms with Crippen molar-refractivity contribution in [1.29, 1.82) is 0 Å². The zero-order valence-corrected chi connectivity index (χ0v) is 15.7. The molecule has 2 aromatic carbocycles. The van der Waals surface area contributed by atoms with Gasteiger partial charge in [-0.05, 0) is 43.7 Å². The SMILES string of the molecule is CSc1ccccc1-c1nn(-c2ccccc2Cl)c2c1CCCCN2. The highest BCUT2D eigenvalue weighted by molar-refractivity contribution is 7.98. The van der Waals surface area contributed by atoms with E-state index in [-0.39, 0.29) is 0 Å². The molecule has 0 bridgehead atoms. The fourth-order valence-electron chi connectivity index (χ4n) is 3.36. The summed E-state index contributed by atoms with van der Waals surface area (Å²) in [5, 5.41) is 9.29. The van der Waals surface area contributed by atoms with E-state index in [4.69, 9.17) is 16.7 Å². The average Bonchev–Trinajstić information content (AvgIpc) is 2.83. The van der Waals surface area contributed by atoms with Gasteiger partial charge in [-0.15, -0.1) is 11.8 Å². The third-order valence-electron chi connectivity index (χ3n) is 4.57. The predicted molar refractivity (Wildman–Crippen MR) is 107 cm³/mol. The van der Waals surface area contributed by atoms with E-state index in [2.05, 4.69) is 35.8 Å². The maximum absolute atomic E-state index is 6.46. The van der Waals surface area contributed by atoms with Crippen LogP contribution in [-0.2, 0) is 6.42 Å². The number of fused-ring (bicyclic) bond motifs is 1. The molecule has 5 heteroatoms. The largest absolute Gasteiger partial charge is 0.370 e. The van der Waals surface area contributed by atoms with E-state index in [0.717, 1.165) is 30.2 Å². The minimum Gasteiger partial charge on any atom is -0.370 e. The molecule has 3 aromatic rings. The van der Waals surface area contributed by atoms with E-state index in [1.807, 2.05) is 28.9 Å². The molecule has 0 amide bonds. The van der Waals surface area contributed by atoms with Crippen molar-refractivity contribution in [1.82, 2.24) is 9.78 Å². The summed E-state index contributed by atoms with van der Waals surface area (Å²) in [4.78, 5) is 1.25. The minimum atomic E-state index is 0.712. The third kappa shape index (κ3) is 3.05. The molecule has 0 atom stereocenters. The number of hydrogen-bond acceptors (Lipinski definition) is 3. The van der Waals surface area contributed by atoms with Crippen molar-refractivity contribution in [3.63, 3.8) is 0 Å². The number of rotatable bonds is 3. The van der Waals surface area contributed by atoms with Gasteiger partial charge in [0.05, 0.1) is 16.4 Å². The average molecular weight is 370 g/mol. The Morgan fingerprint density at radius 1 is 1.08 bits per heavy atom. The summed E-state index contributed by atoms with van der Waals surface area (Å²) in [5.74, 6) is 1.08. The number of nitrogens with zero attached hydrogens (tertiary/aromatic N) is 2. The molecule has 1 N–H and O–H groups in total. The van der Waals surface area contributed by atoms with Crippen molar-refractivity contribution >= 4 is 29.2 Å². The van der Waals surface area contributed by atoms with Gasteiger partial charge in [-0.25, -0.2) is 4.68 Å². The molecule has 0 aliphatic carbocycles. The lowest BCUT2D eigenvalue weighted by atomic mass is 10.0. The van der Waals surface area contributed by atoms with Gasteiger partial charge in [0.2, 0.25) is 0 Å². The number of para-hydroxylation sites is 1. The number of anilines is 1. The van der Waals surface area contributed by atoms with E-state index >= 15 is 0 Å². The van der Waals surface area contributed by atoms with Crippen LogP contribution in [0.3, 0.4) is 0 Å². The molecule has 2 heterocycles. The van der Waals surface area contributed by atoms with Gasteiger partial charge in [-0.3, -0.25) is 0 Å². The molecular weight excluding hydrogens is 350 g/mol. The normalized spacial score (nSPS) is 13.8. The summed E-state index contributed by atoms with van der Waals surface area (Å²) in [6.45, 7) is 0.965. The van der Waals surface area contributed by atoms with Crippen molar-refractivity contribution in [3.8, 4) is 16.9 Å². The van der Waals surface area contributed by atoms with Crippen molar-refractivity contribution in [2.75, 3.05) is 18.1 Å². The monoisotopic (exact) mass is 369 g/mol. The molecule has 0 fully saturated rings. The Morgan fingerprint density at radius 3 is 2.72 bits per heavy atom. The molecule has 0 saturated carbocycles. The topological polar surface area (TPSA) is 29.9 Å². The highest BCUT2D eigenvalue weighted by Crippen LogP contribution is 2.38. The first-order chi connectivity index (χ1) is 12.3. The van der Waals surface area contributed by atoms with E-state index < -0.39 is 0 Å². The van der Waals surface area contributed by atoms with Crippen LogP contribution < -0.4 is 5.32 Å². The Labute approximate surface area is 157 Å². The van der Waals surface area contributed by atoms with E-state index in [0.29, 0.717) is 5.02 Å². The molecule has 0 saturated heterocycles. The lowest BCUT2D eigenvalue weighted by Gasteiger charge is -2.10. The Morgan fingerprint density at radius 2 is 1.88 bits per heavy atom. The van der Waals surface area contributed by atoms with Crippen molar-refractivity contribution < 1.29 is 0 Å². The van der Waals surface area contributed by atoms with E-state index in [1.165, 1.54) is 28.9 Å². The first-order valence-corrected chi connectivity index (χ1v) is 10.1. The lowest BCUT2D eigenvalue weighted by Crippen LogP contribution is -2.07. The molecule has 3 nitrogen and oxygen atoms in total. The highest BCUT2D eigenvalue weighted by atomic mass is 35.5. The first-order valence-electron chi connectivity index (χ1n) is 8.53. The molecule has 0 radical (unpaired) electrons. The number of aromatic nitrogens is 2. The second-order valence-corrected chi connectivity index (χ2v) is 7.38. The van der Waals surface area contributed by atoms with Gasteiger partial charge in [0.1, 0.15) is 5.82 Å². The van der Waals surface area contributed by atoms with Crippen LogP contribution in [-0.4, -0.2) is 22.6 Å². The van der Waals surface area contributed by atoms with Crippen molar-refractivity contribution in [3.05, 3.63) is 59.1 Å². The summed E-state index contributed by atoms with van der Waals surface area (Å²) >= 11 is 8.22. The van der Waals surface area contributed by atoms with Crippen molar-refractivity contribution in [2.45, 2.75) is 24.2 Å². The van der Waals surface area contributed by atoms with Gasteiger partial charge in [0, 0.05) is 22.6 Å².